The van der Waals surface area contributed by atoms with Crippen LogP contribution in [0.15, 0.2) is 36.5 Å². The van der Waals surface area contributed by atoms with Crippen molar-refractivity contribution in [1.82, 2.24) is 9.88 Å². The van der Waals surface area contributed by atoms with Gasteiger partial charge in [-0.3, -0.25) is 9.78 Å². The van der Waals surface area contributed by atoms with Crippen molar-refractivity contribution in [1.29, 1.82) is 0 Å². The van der Waals surface area contributed by atoms with Crippen LogP contribution in [0.3, 0.4) is 0 Å². The molecule has 3 rings (SSSR count). The van der Waals surface area contributed by atoms with Gasteiger partial charge >= 0.3 is 0 Å². The molecule has 0 saturated carbocycles. The third-order valence-corrected chi connectivity index (χ3v) is 4.06. The summed E-state index contributed by atoms with van der Waals surface area (Å²) in [5, 5.41) is 11.3. The molecule has 1 fully saturated rings. The second-order valence-corrected chi connectivity index (χ2v) is 5.27. The van der Waals surface area contributed by atoms with Gasteiger partial charge in [0.05, 0.1) is 18.8 Å². The van der Waals surface area contributed by atoms with E-state index >= 15 is 0 Å². The van der Waals surface area contributed by atoms with Gasteiger partial charge in [-0.15, -0.1) is 0 Å². The van der Waals surface area contributed by atoms with Crippen molar-refractivity contribution in [3.05, 3.63) is 42.2 Å². The number of pyridine rings is 1. The first-order valence-corrected chi connectivity index (χ1v) is 7.03. The summed E-state index contributed by atoms with van der Waals surface area (Å²) >= 11 is 0. The van der Waals surface area contributed by atoms with E-state index in [0.717, 1.165) is 10.8 Å². The van der Waals surface area contributed by atoms with Crippen LogP contribution in [0, 0.1) is 0 Å². The molecule has 110 valence electrons. The van der Waals surface area contributed by atoms with E-state index in [1.54, 1.807) is 18.2 Å². The minimum absolute atomic E-state index is 0.0268. The van der Waals surface area contributed by atoms with Gasteiger partial charge in [0.25, 0.3) is 5.91 Å². The topological polar surface area (TPSA) is 62.7 Å². The normalized spacial score (nSPS) is 21.9. The molecule has 1 aliphatic heterocycles. The number of fused-ring (bicyclic) bond motifs is 1. The Morgan fingerprint density at radius 2 is 2.24 bits per heavy atom. The zero-order valence-corrected chi connectivity index (χ0v) is 11.9. The summed E-state index contributed by atoms with van der Waals surface area (Å²) in [4.78, 5) is 18.7. The maximum atomic E-state index is 12.8. The fourth-order valence-corrected chi connectivity index (χ4v) is 2.89. The predicted octanol–water partition coefficient (Wildman–Crippen LogP) is 1.46. The number of hydrogen-bond donors (Lipinski definition) is 1. The number of carbonyl (C=O) groups is 1. The van der Waals surface area contributed by atoms with Crippen LogP contribution in [0.1, 0.15) is 16.9 Å². The van der Waals surface area contributed by atoms with E-state index in [-0.39, 0.29) is 24.7 Å². The van der Waals surface area contributed by atoms with E-state index in [4.69, 9.17) is 4.74 Å². The molecule has 2 aromatic rings. The number of rotatable bonds is 3. The number of amides is 1. The molecule has 1 N–H and O–H groups in total. The van der Waals surface area contributed by atoms with Gasteiger partial charge in [0, 0.05) is 25.2 Å². The number of likely N-dealkylation sites (tertiary alicyclic amines) is 1. The van der Waals surface area contributed by atoms with Crippen molar-refractivity contribution in [2.24, 2.45) is 0 Å². The molecule has 2 heterocycles. The molecule has 0 spiro atoms. The third-order valence-electron chi connectivity index (χ3n) is 4.06. The maximum absolute atomic E-state index is 12.8. The number of aliphatic hydroxyl groups is 1. The van der Waals surface area contributed by atoms with Crippen LogP contribution in [0.4, 0.5) is 0 Å². The highest BCUT2D eigenvalue weighted by molar-refractivity contribution is 6.05. The van der Waals surface area contributed by atoms with E-state index in [1.165, 1.54) is 0 Å². The fourth-order valence-electron chi connectivity index (χ4n) is 2.89. The van der Waals surface area contributed by atoms with Crippen LogP contribution in [-0.2, 0) is 4.74 Å². The van der Waals surface area contributed by atoms with Crippen LogP contribution in [-0.4, -0.2) is 53.3 Å². The highest BCUT2D eigenvalue weighted by Gasteiger charge is 2.36. The molecular formula is C16H18N2O3. The lowest BCUT2D eigenvalue weighted by Crippen LogP contribution is -2.38. The van der Waals surface area contributed by atoms with Gasteiger partial charge < -0.3 is 14.7 Å². The molecule has 1 aromatic heterocycles. The molecule has 1 aromatic carbocycles. The third kappa shape index (κ3) is 2.50. The minimum atomic E-state index is -0.205. The number of nitrogens with zero attached hydrogens (tertiary/aromatic N) is 2. The van der Waals surface area contributed by atoms with Crippen molar-refractivity contribution in [2.75, 3.05) is 20.3 Å². The molecule has 0 aliphatic carbocycles. The Morgan fingerprint density at radius 1 is 1.43 bits per heavy atom. The van der Waals surface area contributed by atoms with Crippen LogP contribution < -0.4 is 0 Å². The highest BCUT2D eigenvalue weighted by atomic mass is 16.5. The SMILES string of the molecule is CO[C@@H]1C[C@@H](CO)N(C(=O)c2nccc3ccccc23)C1. The molecule has 21 heavy (non-hydrogen) atoms. The number of benzene rings is 1. The van der Waals surface area contributed by atoms with Crippen LogP contribution in [0.2, 0.25) is 0 Å². The van der Waals surface area contributed by atoms with Gasteiger partial charge in [-0.05, 0) is 17.9 Å². The number of carbonyl (C=O) groups excluding carboxylic acids is 1. The average molecular weight is 286 g/mol. The Hall–Kier alpha value is -1.98. The Bertz CT molecular complexity index is 654. The monoisotopic (exact) mass is 286 g/mol. The van der Waals surface area contributed by atoms with E-state index < -0.39 is 0 Å². The zero-order valence-electron chi connectivity index (χ0n) is 11.9. The van der Waals surface area contributed by atoms with Crippen LogP contribution >= 0.6 is 0 Å². The largest absolute Gasteiger partial charge is 0.394 e. The summed E-state index contributed by atoms with van der Waals surface area (Å²) in [7, 11) is 1.63. The Morgan fingerprint density at radius 3 is 3.00 bits per heavy atom. The van der Waals surface area contributed by atoms with Gasteiger partial charge in [0.2, 0.25) is 0 Å². The number of methoxy groups -OCH3 is 1. The molecule has 0 unspecified atom stereocenters. The molecule has 1 saturated heterocycles. The van der Waals surface area contributed by atoms with Crippen molar-refractivity contribution in [2.45, 2.75) is 18.6 Å². The van der Waals surface area contributed by atoms with Gasteiger partial charge in [0.1, 0.15) is 5.69 Å². The molecule has 1 aliphatic rings. The summed E-state index contributed by atoms with van der Waals surface area (Å²) in [5.74, 6) is -0.148. The van der Waals surface area contributed by atoms with Crippen molar-refractivity contribution >= 4 is 16.7 Å². The van der Waals surface area contributed by atoms with Gasteiger partial charge in [-0.1, -0.05) is 24.3 Å². The fraction of sp³-hybridized carbons (Fsp3) is 0.375. The quantitative estimate of drug-likeness (QED) is 0.928. The number of aliphatic hydroxyl groups excluding tert-OH is 1. The lowest BCUT2D eigenvalue weighted by molar-refractivity contribution is 0.0644. The van der Waals surface area contributed by atoms with Gasteiger partial charge in [0.15, 0.2) is 0 Å². The number of ether oxygens (including phenoxy) is 1. The predicted molar refractivity (Wildman–Crippen MR) is 79.1 cm³/mol. The smallest absolute Gasteiger partial charge is 0.273 e. The molecule has 1 amide bonds. The summed E-state index contributed by atoms with van der Waals surface area (Å²) in [6.45, 7) is 0.432. The first kappa shape index (κ1) is 14.0. The van der Waals surface area contributed by atoms with E-state index in [1.807, 2.05) is 30.3 Å². The summed E-state index contributed by atoms with van der Waals surface area (Å²) in [6.07, 6.45) is 2.28. The number of hydrogen-bond acceptors (Lipinski definition) is 4. The van der Waals surface area contributed by atoms with Crippen molar-refractivity contribution in [3.8, 4) is 0 Å². The van der Waals surface area contributed by atoms with Crippen molar-refractivity contribution < 1.29 is 14.6 Å². The lowest BCUT2D eigenvalue weighted by Gasteiger charge is -2.22. The van der Waals surface area contributed by atoms with E-state index in [9.17, 15) is 9.90 Å². The summed E-state index contributed by atoms with van der Waals surface area (Å²) in [5.41, 5.74) is 0.434. The molecule has 0 radical (unpaired) electrons. The van der Waals surface area contributed by atoms with Crippen molar-refractivity contribution in [3.63, 3.8) is 0 Å². The summed E-state index contributed by atoms with van der Waals surface area (Å²) < 4.78 is 5.32. The first-order chi connectivity index (χ1) is 10.2. The maximum Gasteiger partial charge on any atom is 0.273 e. The molecule has 2 atom stereocenters. The van der Waals surface area contributed by atoms with Crippen LogP contribution in [0.5, 0.6) is 0 Å². The standard InChI is InChI=1S/C16H18N2O3/c1-21-13-8-12(10-19)18(9-13)16(20)15-14-5-3-2-4-11(14)6-7-17-15/h2-7,12-13,19H,8-10H2,1H3/t12-,13+/m0/s1. The molecule has 5 nitrogen and oxygen atoms in total. The van der Waals surface area contributed by atoms with Crippen LogP contribution in [0.25, 0.3) is 10.8 Å². The van der Waals surface area contributed by atoms with E-state index in [2.05, 4.69) is 4.98 Å². The highest BCUT2D eigenvalue weighted by Crippen LogP contribution is 2.24. The lowest BCUT2D eigenvalue weighted by atomic mass is 10.1. The Balaban J connectivity index is 1.97. The van der Waals surface area contributed by atoms with E-state index in [0.29, 0.717) is 18.7 Å². The number of aromatic nitrogens is 1. The summed E-state index contributed by atoms with van der Waals surface area (Å²) in [6, 6.07) is 9.36. The molecule has 5 heteroatoms. The van der Waals surface area contributed by atoms with Gasteiger partial charge in [-0.2, -0.15) is 0 Å². The van der Waals surface area contributed by atoms with Gasteiger partial charge in [-0.25, -0.2) is 0 Å². The second kappa shape index (κ2) is 5.79. The molecular weight excluding hydrogens is 268 g/mol. The first-order valence-electron chi connectivity index (χ1n) is 7.03. The minimum Gasteiger partial charge on any atom is -0.394 e. The zero-order chi connectivity index (χ0) is 14.8. The Labute approximate surface area is 123 Å². The molecule has 0 bridgehead atoms. The average Bonchev–Trinajstić information content (AvgIpc) is 2.97. The Kier molecular flexibility index (Phi) is 3.86. The second-order valence-electron chi connectivity index (χ2n) is 5.27.